The smallest absolute Gasteiger partial charge is 0.218 e. The number of aryl methyl sites for hydroxylation is 1. The third-order valence-corrected chi connectivity index (χ3v) is 7.22. The van der Waals surface area contributed by atoms with Crippen LogP contribution in [0.15, 0.2) is 42.6 Å². The first kappa shape index (κ1) is 19.4. The van der Waals surface area contributed by atoms with Gasteiger partial charge in [-0.3, -0.25) is 0 Å². The second-order valence-electron chi connectivity index (χ2n) is 7.19. The van der Waals surface area contributed by atoms with Gasteiger partial charge in [0.05, 0.1) is 5.75 Å². The van der Waals surface area contributed by atoms with Gasteiger partial charge in [-0.2, -0.15) is 0 Å². The summed E-state index contributed by atoms with van der Waals surface area (Å²) in [6.45, 7) is 3.93. The Morgan fingerprint density at radius 1 is 1.21 bits per heavy atom. The van der Waals surface area contributed by atoms with Crippen molar-refractivity contribution in [1.29, 1.82) is 0 Å². The number of halogens is 1. The van der Waals surface area contributed by atoms with Gasteiger partial charge in [-0.15, -0.1) is 0 Å². The highest BCUT2D eigenvalue weighted by atomic mass is 35.5. The van der Waals surface area contributed by atoms with Gasteiger partial charge in [0.1, 0.15) is 11.3 Å². The predicted octanol–water partition coefficient (Wildman–Crippen LogP) is 3.81. The van der Waals surface area contributed by atoms with Crippen LogP contribution in [-0.2, 0) is 22.3 Å². The number of hydrogen-bond acceptors (Lipinski definition) is 4. The van der Waals surface area contributed by atoms with Gasteiger partial charge in [0.2, 0.25) is 10.0 Å². The van der Waals surface area contributed by atoms with E-state index in [2.05, 4.69) is 16.5 Å². The molecule has 0 bridgehead atoms. The third-order valence-electron chi connectivity index (χ3n) is 5.15. The molecule has 2 aromatic heterocycles. The van der Waals surface area contributed by atoms with Gasteiger partial charge in [-0.25, -0.2) is 22.7 Å². The van der Waals surface area contributed by atoms with Gasteiger partial charge >= 0.3 is 0 Å². The maximum absolute atomic E-state index is 12.9. The maximum atomic E-state index is 12.9. The van der Waals surface area contributed by atoms with Crippen molar-refractivity contribution in [1.82, 2.24) is 18.8 Å². The first-order chi connectivity index (χ1) is 13.5. The first-order valence-corrected chi connectivity index (χ1v) is 11.5. The second kappa shape index (κ2) is 7.81. The summed E-state index contributed by atoms with van der Waals surface area (Å²) in [5.41, 5.74) is 2.49. The van der Waals surface area contributed by atoms with E-state index < -0.39 is 10.0 Å². The Hall–Kier alpha value is -1.96. The Kier molecular flexibility index (Phi) is 5.40. The molecular formula is C20H23ClN4O2S. The van der Waals surface area contributed by atoms with E-state index in [-0.39, 0.29) is 11.7 Å². The zero-order valence-corrected chi connectivity index (χ0v) is 17.3. The number of nitrogens with zero attached hydrogens (tertiary/aromatic N) is 4. The molecule has 3 heterocycles. The molecule has 0 amide bonds. The quantitative estimate of drug-likeness (QED) is 0.610. The summed E-state index contributed by atoms with van der Waals surface area (Å²) in [7, 11) is -3.38. The van der Waals surface area contributed by atoms with E-state index in [9.17, 15) is 8.42 Å². The standard InChI is InChI=1S/C20H23ClN4O2S/c1-2-11-25-19(23-18-4-3-10-22-20(18)25)16-9-12-24(13-16)28(26,27)14-15-5-7-17(21)8-6-15/h3-8,10,16H,2,9,11-14H2,1H3. The summed E-state index contributed by atoms with van der Waals surface area (Å²) in [5, 5.41) is 0.603. The molecule has 6 nitrogen and oxygen atoms in total. The van der Waals surface area contributed by atoms with Crippen LogP contribution < -0.4 is 0 Å². The monoisotopic (exact) mass is 418 g/mol. The summed E-state index contributed by atoms with van der Waals surface area (Å²) in [5.74, 6) is 1.02. The lowest BCUT2D eigenvalue weighted by Gasteiger charge is -2.17. The molecule has 1 atom stereocenters. The summed E-state index contributed by atoms with van der Waals surface area (Å²) >= 11 is 5.90. The van der Waals surface area contributed by atoms with Crippen molar-refractivity contribution >= 4 is 32.8 Å². The molecule has 3 aromatic rings. The highest BCUT2D eigenvalue weighted by molar-refractivity contribution is 7.88. The fraction of sp³-hybridized carbons (Fsp3) is 0.400. The van der Waals surface area contributed by atoms with Crippen molar-refractivity contribution in [3.05, 3.63) is 59.0 Å². The van der Waals surface area contributed by atoms with Crippen molar-refractivity contribution < 1.29 is 8.42 Å². The zero-order valence-electron chi connectivity index (χ0n) is 15.8. The molecular weight excluding hydrogens is 396 g/mol. The van der Waals surface area contributed by atoms with E-state index in [1.807, 2.05) is 12.1 Å². The number of benzene rings is 1. The van der Waals surface area contributed by atoms with E-state index in [0.717, 1.165) is 41.9 Å². The van der Waals surface area contributed by atoms with E-state index >= 15 is 0 Å². The second-order valence-corrected chi connectivity index (χ2v) is 9.60. The lowest BCUT2D eigenvalue weighted by Crippen LogP contribution is -2.30. The molecule has 0 aliphatic carbocycles. The van der Waals surface area contributed by atoms with Gasteiger partial charge in [0, 0.05) is 36.8 Å². The van der Waals surface area contributed by atoms with E-state index in [1.165, 1.54) is 0 Å². The maximum Gasteiger partial charge on any atom is 0.218 e. The minimum atomic E-state index is -3.38. The number of pyridine rings is 1. The molecule has 28 heavy (non-hydrogen) atoms. The molecule has 0 N–H and O–H groups in total. The van der Waals surface area contributed by atoms with Gasteiger partial charge in [0.15, 0.2) is 5.65 Å². The van der Waals surface area contributed by atoms with Gasteiger partial charge in [0.25, 0.3) is 0 Å². The average Bonchev–Trinajstić information content (AvgIpc) is 3.30. The van der Waals surface area contributed by atoms with E-state index in [0.29, 0.717) is 18.1 Å². The highest BCUT2D eigenvalue weighted by Crippen LogP contribution is 2.31. The topological polar surface area (TPSA) is 68.1 Å². The number of imidazole rings is 1. The molecule has 1 aromatic carbocycles. The SMILES string of the molecule is CCCn1c(C2CCN(S(=O)(=O)Cc3ccc(Cl)cc3)C2)nc2cccnc21. The number of rotatable bonds is 6. The van der Waals surface area contributed by atoms with Crippen LogP contribution in [0.3, 0.4) is 0 Å². The van der Waals surface area contributed by atoms with Crippen LogP contribution >= 0.6 is 11.6 Å². The van der Waals surface area contributed by atoms with Gasteiger partial charge < -0.3 is 4.57 Å². The van der Waals surface area contributed by atoms with Crippen LogP contribution in [0.4, 0.5) is 0 Å². The van der Waals surface area contributed by atoms with Crippen molar-refractivity contribution in [2.75, 3.05) is 13.1 Å². The van der Waals surface area contributed by atoms with Crippen molar-refractivity contribution in [2.24, 2.45) is 0 Å². The van der Waals surface area contributed by atoms with E-state index in [4.69, 9.17) is 16.6 Å². The lowest BCUT2D eigenvalue weighted by atomic mass is 10.1. The molecule has 0 saturated carbocycles. The number of sulfonamides is 1. The Morgan fingerprint density at radius 3 is 2.75 bits per heavy atom. The number of aromatic nitrogens is 3. The molecule has 1 aliphatic rings. The fourth-order valence-corrected chi connectivity index (χ4v) is 5.52. The summed E-state index contributed by atoms with van der Waals surface area (Å²) in [4.78, 5) is 9.27. The zero-order chi connectivity index (χ0) is 19.7. The number of hydrogen-bond donors (Lipinski definition) is 0. The van der Waals surface area contributed by atoms with Crippen molar-refractivity contribution in [2.45, 2.75) is 38.0 Å². The molecule has 0 radical (unpaired) electrons. The predicted molar refractivity (Wildman–Crippen MR) is 111 cm³/mol. The van der Waals surface area contributed by atoms with Crippen LogP contribution in [-0.4, -0.2) is 40.3 Å². The highest BCUT2D eigenvalue weighted by Gasteiger charge is 2.34. The molecule has 0 spiro atoms. The third kappa shape index (κ3) is 3.79. The molecule has 148 valence electrons. The van der Waals surface area contributed by atoms with Crippen LogP contribution in [0.1, 0.15) is 37.1 Å². The van der Waals surface area contributed by atoms with E-state index in [1.54, 1.807) is 34.8 Å². The minimum absolute atomic E-state index is 0.0101. The molecule has 1 fully saturated rings. The Balaban J connectivity index is 1.56. The minimum Gasteiger partial charge on any atom is -0.312 e. The van der Waals surface area contributed by atoms with Gasteiger partial charge in [-0.05, 0) is 42.7 Å². The lowest BCUT2D eigenvalue weighted by molar-refractivity contribution is 0.468. The summed E-state index contributed by atoms with van der Waals surface area (Å²) < 4.78 is 29.5. The Labute approximate surface area is 170 Å². The normalized spacial score (nSPS) is 18.1. The van der Waals surface area contributed by atoms with Crippen LogP contribution in [0.5, 0.6) is 0 Å². The average molecular weight is 419 g/mol. The Bertz CT molecular complexity index is 1080. The largest absolute Gasteiger partial charge is 0.312 e. The number of fused-ring (bicyclic) bond motifs is 1. The van der Waals surface area contributed by atoms with Crippen LogP contribution in [0, 0.1) is 0 Å². The van der Waals surface area contributed by atoms with Crippen LogP contribution in [0.2, 0.25) is 5.02 Å². The summed E-state index contributed by atoms with van der Waals surface area (Å²) in [6.07, 6.45) is 3.52. The Morgan fingerprint density at radius 2 is 2.00 bits per heavy atom. The molecule has 1 saturated heterocycles. The molecule has 1 unspecified atom stereocenters. The molecule has 8 heteroatoms. The van der Waals surface area contributed by atoms with Crippen molar-refractivity contribution in [3.63, 3.8) is 0 Å². The fourth-order valence-electron chi connectivity index (χ4n) is 3.81. The summed E-state index contributed by atoms with van der Waals surface area (Å²) in [6, 6.07) is 10.8. The molecule has 4 rings (SSSR count). The molecule has 1 aliphatic heterocycles. The van der Waals surface area contributed by atoms with Crippen LogP contribution in [0.25, 0.3) is 11.2 Å². The van der Waals surface area contributed by atoms with Crippen molar-refractivity contribution in [3.8, 4) is 0 Å². The van der Waals surface area contributed by atoms with Gasteiger partial charge in [-0.1, -0.05) is 30.7 Å². The first-order valence-electron chi connectivity index (χ1n) is 9.51.